The number of ether oxygens (including phenoxy) is 1. The number of hydrogen-bond donors (Lipinski definition) is 0. The Bertz CT molecular complexity index is 519. The lowest BCUT2D eigenvalue weighted by atomic mass is 10.4. The summed E-state index contributed by atoms with van der Waals surface area (Å²) in [5.41, 5.74) is 0. The first-order valence-corrected chi connectivity index (χ1v) is 7.28. The fraction of sp³-hybridized carbons (Fsp3) is 0.385. The van der Waals surface area contributed by atoms with E-state index < -0.39 is 0 Å². The molecule has 6 heteroatoms. The third-order valence-corrected chi connectivity index (χ3v) is 3.69. The van der Waals surface area contributed by atoms with Gasteiger partial charge in [-0.25, -0.2) is 9.97 Å². The van der Waals surface area contributed by atoms with Gasteiger partial charge in [-0.2, -0.15) is 0 Å². The lowest BCUT2D eigenvalue weighted by Gasteiger charge is -2.21. The molecule has 2 aromatic rings. The van der Waals surface area contributed by atoms with Gasteiger partial charge in [0.25, 0.3) is 0 Å². The van der Waals surface area contributed by atoms with Crippen molar-refractivity contribution < 1.29 is 4.74 Å². The van der Waals surface area contributed by atoms with Gasteiger partial charge in [0.1, 0.15) is 17.6 Å². The molecule has 0 unspecified atom stereocenters. The van der Waals surface area contributed by atoms with Crippen LogP contribution < -0.4 is 4.90 Å². The topological polar surface area (TPSA) is 38.2 Å². The quantitative estimate of drug-likeness (QED) is 0.766. The first-order valence-electron chi connectivity index (χ1n) is 6.02. The van der Waals surface area contributed by atoms with E-state index in [0.29, 0.717) is 17.6 Å². The number of rotatable bonds is 6. The summed E-state index contributed by atoms with van der Waals surface area (Å²) in [5, 5.41) is 2.52. The van der Waals surface area contributed by atoms with Gasteiger partial charge in [-0.15, -0.1) is 11.3 Å². The second kappa shape index (κ2) is 6.84. The van der Waals surface area contributed by atoms with Crippen LogP contribution in [0.2, 0.25) is 5.15 Å². The summed E-state index contributed by atoms with van der Waals surface area (Å²) in [5.74, 6) is 1.44. The largest absolute Gasteiger partial charge is 0.377 e. The Hall–Kier alpha value is -1.17. The summed E-state index contributed by atoms with van der Waals surface area (Å²) in [6.07, 6.45) is 0. The van der Waals surface area contributed by atoms with E-state index >= 15 is 0 Å². The molecule has 0 saturated carbocycles. The second-order valence-corrected chi connectivity index (χ2v) is 5.41. The summed E-state index contributed by atoms with van der Waals surface area (Å²) in [6.45, 7) is 4.15. The van der Waals surface area contributed by atoms with Gasteiger partial charge >= 0.3 is 0 Å². The van der Waals surface area contributed by atoms with E-state index in [4.69, 9.17) is 16.3 Å². The molecule has 0 aromatic carbocycles. The molecule has 2 aromatic heterocycles. The number of methoxy groups -OCH3 is 1. The van der Waals surface area contributed by atoms with Crippen molar-refractivity contribution in [2.24, 2.45) is 0 Å². The molecule has 0 bridgehead atoms. The average molecular weight is 298 g/mol. The van der Waals surface area contributed by atoms with E-state index in [1.165, 1.54) is 4.88 Å². The van der Waals surface area contributed by atoms with Crippen LogP contribution in [0.1, 0.15) is 17.6 Å². The first kappa shape index (κ1) is 14.2. The Morgan fingerprint density at radius 1 is 1.42 bits per heavy atom. The molecule has 2 heterocycles. The smallest absolute Gasteiger partial charge is 0.158 e. The van der Waals surface area contributed by atoms with Crippen LogP contribution in [0.15, 0.2) is 23.6 Å². The minimum Gasteiger partial charge on any atom is -0.377 e. The first-order chi connectivity index (χ1) is 9.22. The minimum atomic E-state index is 0.365. The van der Waals surface area contributed by atoms with E-state index in [0.717, 1.165) is 18.9 Å². The summed E-state index contributed by atoms with van der Waals surface area (Å²) < 4.78 is 5.06. The number of halogens is 1. The van der Waals surface area contributed by atoms with E-state index in [9.17, 15) is 0 Å². The zero-order valence-electron chi connectivity index (χ0n) is 11.0. The normalized spacial score (nSPS) is 10.7. The average Bonchev–Trinajstić information content (AvgIpc) is 2.88. The highest BCUT2D eigenvalue weighted by Crippen LogP contribution is 2.20. The molecule has 0 fully saturated rings. The molecule has 0 amide bonds. The molecule has 0 atom stereocenters. The molecule has 0 radical (unpaired) electrons. The van der Waals surface area contributed by atoms with Gasteiger partial charge in [0.15, 0.2) is 5.82 Å². The molecule has 19 heavy (non-hydrogen) atoms. The van der Waals surface area contributed by atoms with Crippen LogP contribution in [0.25, 0.3) is 0 Å². The predicted octanol–water partition coefficient (Wildman–Crippen LogP) is 3.36. The molecule has 2 rings (SSSR count). The number of hydrogen-bond acceptors (Lipinski definition) is 5. The molecule has 0 aliphatic carbocycles. The van der Waals surface area contributed by atoms with E-state index in [-0.39, 0.29) is 0 Å². The summed E-state index contributed by atoms with van der Waals surface area (Å²) in [7, 11) is 1.62. The zero-order chi connectivity index (χ0) is 13.7. The van der Waals surface area contributed by atoms with Crippen molar-refractivity contribution in [2.45, 2.75) is 20.1 Å². The molecule has 0 saturated heterocycles. The Labute approximate surface area is 122 Å². The lowest BCUT2D eigenvalue weighted by Crippen LogP contribution is -2.23. The molecule has 102 valence electrons. The van der Waals surface area contributed by atoms with Crippen LogP contribution in [0, 0.1) is 0 Å². The van der Waals surface area contributed by atoms with Crippen molar-refractivity contribution in [3.63, 3.8) is 0 Å². The fourth-order valence-electron chi connectivity index (χ4n) is 1.75. The maximum Gasteiger partial charge on any atom is 0.158 e. The highest BCUT2D eigenvalue weighted by Gasteiger charge is 2.11. The molecule has 0 aliphatic heterocycles. The van der Waals surface area contributed by atoms with Gasteiger partial charge in [0, 0.05) is 24.6 Å². The third-order valence-electron chi connectivity index (χ3n) is 2.63. The van der Waals surface area contributed by atoms with Crippen LogP contribution in [0.3, 0.4) is 0 Å². The second-order valence-electron chi connectivity index (χ2n) is 3.99. The van der Waals surface area contributed by atoms with Crippen molar-refractivity contribution in [3.05, 3.63) is 39.4 Å². The summed E-state index contributed by atoms with van der Waals surface area (Å²) in [6, 6.07) is 5.96. The van der Waals surface area contributed by atoms with Crippen molar-refractivity contribution in [2.75, 3.05) is 18.6 Å². The van der Waals surface area contributed by atoms with Crippen LogP contribution in [0.5, 0.6) is 0 Å². The molecular weight excluding hydrogens is 282 g/mol. The van der Waals surface area contributed by atoms with Gasteiger partial charge in [-0.3, -0.25) is 0 Å². The SMILES string of the molecule is CCN(Cc1cccs1)c1cc(Cl)nc(COC)n1. The van der Waals surface area contributed by atoms with Crippen LogP contribution in [0.4, 0.5) is 5.82 Å². The Morgan fingerprint density at radius 2 is 2.26 bits per heavy atom. The van der Waals surface area contributed by atoms with E-state index in [2.05, 4.69) is 39.3 Å². The van der Waals surface area contributed by atoms with Gasteiger partial charge in [0.05, 0.1) is 6.54 Å². The maximum atomic E-state index is 6.04. The summed E-state index contributed by atoms with van der Waals surface area (Å²) in [4.78, 5) is 12.1. The molecular formula is C13H16ClN3OS. The van der Waals surface area contributed by atoms with Crippen molar-refractivity contribution in [1.82, 2.24) is 9.97 Å². The molecule has 0 spiro atoms. The highest BCUT2D eigenvalue weighted by atomic mass is 35.5. The van der Waals surface area contributed by atoms with Gasteiger partial charge in [0.2, 0.25) is 0 Å². The highest BCUT2D eigenvalue weighted by molar-refractivity contribution is 7.09. The van der Waals surface area contributed by atoms with Crippen LogP contribution >= 0.6 is 22.9 Å². The van der Waals surface area contributed by atoms with Crippen LogP contribution in [-0.2, 0) is 17.9 Å². The Balaban J connectivity index is 2.21. The predicted molar refractivity (Wildman–Crippen MR) is 78.8 cm³/mol. The van der Waals surface area contributed by atoms with E-state index in [1.807, 2.05) is 0 Å². The van der Waals surface area contributed by atoms with Gasteiger partial charge in [-0.1, -0.05) is 17.7 Å². The Kier molecular flexibility index (Phi) is 5.13. The number of aromatic nitrogens is 2. The zero-order valence-corrected chi connectivity index (χ0v) is 12.5. The number of nitrogens with zero attached hydrogens (tertiary/aromatic N) is 3. The van der Waals surface area contributed by atoms with Crippen molar-refractivity contribution in [1.29, 1.82) is 0 Å². The number of thiophene rings is 1. The lowest BCUT2D eigenvalue weighted by molar-refractivity contribution is 0.178. The maximum absolute atomic E-state index is 6.04. The third kappa shape index (κ3) is 3.89. The molecule has 0 aliphatic rings. The van der Waals surface area contributed by atoms with Crippen molar-refractivity contribution in [3.8, 4) is 0 Å². The molecule has 4 nitrogen and oxygen atoms in total. The minimum absolute atomic E-state index is 0.365. The molecule has 0 N–H and O–H groups in total. The number of anilines is 1. The van der Waals surface area contributed by atoms with Crippen LogP contribution in [-0.4, -0.2) is 23.6 Å². The fourth-order valence-corrected chi connectivity index (χ4v) is 2.67. The van der Waals surface area contributed by atoms with Gasteiger partial charge in [-0.05, 0) is 18.4 Å². The standard InChI is InChI=1S/C13H16ClN3OS/c1-3-17(8-10-5-4-6-19-10)13-7-11(14)15-12(16-13)9-18-2/h4-7H,3,8-9H2,1-2H3. The monoisotopic (exact) mass is 297 g/mol. The Morgan fingerprint density at radius 3 is 2.89 bits per heavy atom. The van der Waals surface area contributed by atoms with Gasteiger partial charge < -0.3 is 9.64 Å². The van der Waals surface area contributed by atoms with E-state index in [1.54, 1.807) is 24.5 Å². The summed E-state index contributed by atoms with van der Waals surface area (Å²) >= 11 is 7.78. The van der Waals surface area contributed by atoms with Crippen molar-refractivity contribution >= 4 is 28.8 Å².